The number of allylic oxidation sites excluding steroid dienone is 3. The standard InChI is InChI=1S/C17H21N.C5H8/c1-2-18-14-6-7-15-10-12-17(13-11-15)16-8-4-3-5-9-16;1-3-5-4-2/h3-5,8-13,18H,2,6-7,14H2,1H3;3-5H,1H2,2H3/b;5-4-. The first-order valence-electron chi connectivity index (χ1n) is 8.40. The van der Waals surface area contributed by atoms with Crippen LogP contribution in [0.2, 0.25) is 0 Å². The monoisotopic (exact) mass is 307 g/mol. The Hall–Kier alpha value is -2.12. The summed E-state index contributed by atoms with van der Waals surface area (Å²) in [6.45, 7) is 9.74. The summed E-state index contributed by atoms with van der Waals surface area (Å²) in [6.07, 6.45) is 7.94. The second-order valence-electron chi connectivity index (χ2n) is 5.28. The van der Waals surface area contributed by atoms with Gasteiger partial charge in [-0.25, -0.2) is 0 Å². The molecule has 2 aromatic carbocycles. The van der Waals surface area contributed by atoms with E-state index >= 15 is 0 Å². The molecule has 2 rings (SSSR count). The first-order valence-corrected chi connectivity index (χ1v) is 8.40. The van der Waals surface area contributed by atoms with Crippen LogP contribution < -0.4 is 5.32 Å². The number of rotatable bonds is 7. The third kappa shape index (κ3) is 8.18. The SMILES string of the molecule is C=C/C=C\C.CCNCCCc1ccc(-c2ccccc2)cc1. The van der Waals surface area contributed by atoms with Crippen LogP contribution in [0.5, 0.6) is 0 Å². The Balaban J connectivity index is 0.000000463. The van der Waals surface area contributed by atoms with E-state index in [-0.39, 0.29) is 0 Å². The summed E-state index contributed by atoms with van der Waals surface area (Å²) >= 11 is 0. The molecular weight excluding hydrogens is 278 g/mol. The predicted molar refractivity (Wildman–Crippen MR) is 104 cm³/mol. The van der Waals surface area contributed by atoms with Crippen molar-refractivity contribution in [3.8, 4) is 11.1 Å². The molecule has 0 saturated carbocycles. The maximum Gasteiger partial charge on any atom is -0.00459 e. The van der Waals surface area contributed by atoms with Gasteiger partial charge in [-0.2, -0.15) is 0 Å². The summed E-state index contributed by atoms with van der Waals surface area (Å²) in [5.74, 6) is 0. The molecular formula is C22H29N. The third-order valence-corrected chi connectivity index (χ3v) is 3.46. The number of aryl methyl sites for hydroxylation is 1. The Bertz CT molecular complexity index is 552. The van der Waals surface area contributed by atoms with E-state index in [1.807, 2.05) is 19.1 Å². The molecule has 0 aliphatic heterocycles. The predicted octanol–water partition coefficient (Wildman–Crippen LogP) is 5.64. The lowest BCUT2D eigenvalue weighted by Crippen LogP contribution is -2.14. The summed E-state index contributed by atoms with van der Waals surface area (Å²) in [7, 11) is 0. The number of hydrogen-bond donors (Lipinski definition) is 1. The lowest BCUT2D eigenvalue weighted by atomic mass is 10.0. The quantitative estimate of drug-likeness (QED) is 0.515. The summed E-state index contributed by atoms with van der Waals surface area (Å²) in [6, 6.07) is 19.5. The van der Waals surface area contributed by atoms with Gasteiger partial charge < -0.3 is 5.32 Å². The van der Waals surface area contributed by atoms with Crippen molar-refractivity contribution in [2.75, 3.05) is 13.1 Å². The van der Waals surface area contributed by atoms with Gasteiger partial charge in [-0.3, -0.25) is 0 Å². The zero-order valence-electron chi connectivity index (χ0n) is 14.5. The van der Waals surface area contributed by atoms with Crippen molar-refractivity contribution >= 4 is 0 Å². The number of nitrogens with one attached hydrogen (secondary N) is 1. The van der Waals surface area contributed by atoms with Crippen molar-refractivity contribution in [1.29, 1.82) is 0 Å². The van der Waals surface area contributed by atoms with Crippen LogP contribution in [0.4, 0.5) is 0 Å². The Morgan fingerprint density at radius 3 is 2.13 bits per heavy atom. The molecule has 1 N–H and O–H groups in total. The normalized spacial score (nSPS) is 10.2. The van der Waals surface area contributed by atoms with E-state index in [2.05, 4.69) is 73.4 Å². The van der Waals surface area contributed by atoms with Gasteiger partial charge >= 0.3 is 0 Å². The van der Waals surface area contributed by atoms with Crippen LogP contribution in [0.3, 0.4) is 0 Å². The summed E-state index contributed by atoms with van der Waals surface area (Å²) < 4.78 is 0. The van der Waals surface area contributed by atoms with E-state index < -0.39 is 0 Å². The smallest absolute Gasteiger partial charge is 0.00459 e. The molecule has 0 radical (unpaired) electrons. The maximum absolute atomic E-state index is 3.46. The molecule has 0 fully saturated rings. The van der Waals surface area contributed by atoms with Crippen LogP contribution in [0.1, 0.15) is 25.8 Å². The van der Waals surface area contributed by atoms with Crippen molar-refractivity contribution in [3.05, 3.63) is 85.0 Å². The molecule has 0 aliphatic rings. The van der Waals surface area contributed by atoms with Gasteiger partial charge in [0.1, 0.15) is 0 Å². The molecule has 0 amide bonds. The minimum atomic E-state index is 1.06. The van der Waals surface area contributed by atoms with Gasteiger partial charge in [0, 0.05) is 0 Å². The summed E-state index contributed by atoms with van der Waals surface area (Å²) in [5, 5.41) is 3.36. The molecule has 122 valence electrons. The van der Waals surface area contributed by atoms with Crippen LogP contribution >= 0.6 is 0 Å². The molecule has 0 atom stereocenters. The van der Waals surface area contributed by atoms with Crippen molar-refractivity contribution in [1.82, 2.24) is 5.32 Å². The topological polar surface area (TPSA) is 12.0 Å². The largest absolute Gasteiger partial charge is 0.317 e. The molecule has 0 aromatic heterocycles. The fourth-order valence-electron chi connectivity index (χ4n) is 2.22. The highest BCUT2D eigenvalue weighted by atomic mass is 14.8. The first kappa shape index (κ1) is 18.9. The second kappa shape index (κ2) is 12.4. The molecule has 1 nitrogen and oxygen atoms in total. The Morgan fingerprint density at radius 2 is 1.61 bits per heavy atom. The van der Waals surface area contributed by atoms with Crippen LogP contribution in [-0.2, 0) is 6.42 Å². The van der Waals surface area contributed by atoms with Crippen molar-refractivity contribution in [2.45, 2.75) is 26.7 Å². The van der Waals surface area contributed by atoms with Gasteiger partial charge in [0.25, 0.3) is 0 Å². The summed E-state index contributed by atoms with van der Waals surface area (Å²) in [4.78, 5) is 0. The highest BCUT2D eigenvalue weighted by Gasteiger charge is 1.97. The fraction of sp³-hybridized carbons (Fsp3) is 0.273. The van der Waals surface area contributed by atoms with Crippen LogP contribution in [0, 0.1) is 0 Å². The molecule has 2 aromatic rings. The van der Waals surface area contributed by atoms with Crippen LogP contribution in [0.15, 0.2) is 79.4 Å². The lowest BCUT2D eigenvalue weighted by Gasteiger charge is -2.05. The van der Waals surface area contributed by atoms with Gasteiger partial charge in [0.2, 0.25) is 0 Å². The van der Waals surface area contributed by atoms with E-state index in [0.29, 0.717) is 0 Å². The van der Waals surface area contributed by atoms with Gasteiger partial charge in [-0.15, -0.1) is 0 Å². The fourth-order valence-corrected chi connectivity index (χ4v) is 2.22. The highest BCUT2D eigenvalue weighted by molar-refractivity contribution is 5.63. The second-order valence-corrected chi connectivity index (χ2v) is 5.28. The van der Waals surface area contributed by atoms with Crippen LogP contribution in [-0.4, -0.2) is 13.1 Å². The zero-order chi connectivity index (χ0) is 16.8. The van der Waals surface area contributed by atoms with Crippen LogP contribution in [0.25, 0.3) is 11.1 Å². The molecule has 0 aliphatic carbocycles. The van der Waals surface area contributed by atoms with Crippen molar-refractivity contribution < 1.29 is 0 Å². The number of hydrogen-bond acceptors (Lipinski definition) is 1. The number of benzene rings is 2. The third-order valence-electron chi connectivity index (χ3n) is 3.46. The average Bonchev–Trinajstić information content (AvgIpc) is 2.61. The van der Waals surface area contributed by atoms with E-state index in [4.69, 9.17) is 0 Å². The Labute approximate surface area is 141 Å². The minimum Gasteiger partial charge on any atom is -0.317 e. The van der Waals surface area contributed by atoms with Gasteiger partial charge in [0.05, 0.1) is 0 Å². The first-order chi connectivity index (χ1) is 11.3. The van der Waals surface area contributed by atoms with E-state index in [0.717, 1.165) is 19.5 Å². The maximum atomic E-state index is 3.46. The minimum absolute atomic E-state index is 1.06. The Morgan fingerprint density at radius 1 is 0.957 bits per heavy atom. The van der Waals surface area contributed by atoms with E-state index in [9.17, 15) is 0 Å². The molecule has 0 unspecified atom stereocenters. The average molecular weight is 307 g/mol. The Kier molecular flexibility index (Phi) is 10.2. The molecule has 0 spiro atoms. The van der Waals surface area contributed by atoms with Crippen molar-refractivity contribution in [2.24, 2.45) is 0 Å². The van der Waals surface area contributed by atoms with E-state index in [1.54, 1.807) is 6.08 Å². The molecule has 0 heterocycles. The van der Waals surface area contributed by atoms with Gasteiger partial charge in [-0.05, 0) is 49.5 Å². The van der Waals surface area contributed by atoms with Crippen molar-refractivity contribution in [3.63, 3.8) is 0 Å². The highest BCUT2D eigenvalue weighted by Crippen LogP contribution is 2.19. The molecule has 1 heteroatoms. The summed E-state index contributed by atoms with van der Waals surface area (Å²) in [5.41, 5.74) is 4.01. The molecule has 0 saturated heterocycles. The van der Waals surface area contributed by atoms with Gasteiger partial charge in [-0.1, -0.05) is 86.3 Å². The molecule has 23 heavy (non-hydrogen) atoms. The van der Waals surface area contributed by atoms with E-state index in [1.165, 1.54) is 23.1 Å². The van der Waals surface area contributed by atoms with Gasteiger partial charge in [0.15, 0.2) is 0 Å². The zero-order valence-corrected chi connectivity index (χ0v) is 14.5. The molecule has 0 bridgehead atoms. The lowest BCUT2D eigenvalue weighted by molar-refractivity contribution is 0.673.